The van der Waals surface area contributed by atoms with Crippen LogP contribution < -0.4 is 10.6 Å². The Bertz CT molecular complexity index is 1190. The molecule has 3 unspecified atom stereocenters. The Balaban J connectivity index is 1.46. The van der Waals surface area contributed by atoms with Crippen LogP contribution in [0.25, 0.3) is 0 Å². The van der Waals surface area contributed by atoms with Crippen molar-refractivity contribution in [2.75, 3.05) is 18.5 Å². The molecule has 9 heteroatoms. The van der Waals surface area contributed by atoms with Crippen molar-refractivity contribution in [1.29, 1.82) is 0 Å². The maximum Gasteiger partial charge on any atom is 0.248 e. The lowest BCUT2D eigenvalue weighted by atomic mass is 9.66. The second kappa shape index (κ2) is 10.3. The fraction of sp³-hybridized carbons (Fsp3) is 0.464. The summed E-state index contributed by atoms with van der Waals surface area (Å²) in [6, 6.07) is 14.3. The number of aliphatic hydroxyl groups excluding tert-OH is 1. The first-order valence-electron chi connectivity index (χ1n) is 12.8. The highest BCUT2D eigenvalue weighted by atomic mass is 35.5. The molecule has 3 saturated heterocycles. The second-order valence-corrected chi connectivity index (χ2v) is 12.2. The number of likely N-dealkylation sites (tertiary alicyclic amines) is 1. The molecule has 2 aromatic rings. The van der Waals surface area contributed by atoms with Crippen molar-refractivity contribution in [3.05, 3.63) is 64.7 Å². The predicted molar refractivity (Wildman–Crippen MR) is 145 cm³/mol. The standard InChI is InChI=1S/C28H32ClN3O4S/c1-16-8-6-11-19(29)23(16)31-26(35)24-28-17(2)14-20(37-28)21(22(28)27(36)32(24)12-7-13-33)25(34)30-15-18-9-4-3-5-10-18/h3-6,8-11,17,20-22,24,33H,7,12-15H2,1-2H3,(H,30,34)(H,31,35)/t17?,20-,21+,22-,24?,28?/m0/s1. The number of hydrogen-bond acceptors (Lipinski definition) is 5. The molecule has 0 aromatic heterocycles. The number of rotatable bonds is 8. The van der Waals surface area contributed by atoms with Gasteiger partial charge in [-0.1, -0.05) is 61.0 Å². The van der Waals surface area contributed by atoms with Gasteiger partial charge in [0, 0.05) is 24.9 Å². The van der Waals surface area contributed by atoms with Crippen molar-refractivity contribution in [2.24, 2.45) is 17.8 Å². The number of para-hydroxylation sites is 1. The van der Waals surface area contributed by atoms with Gasteiger partial charge in [0.25, 0.3) is 0 Å². The SMILES string of the molecule is Cc1cccc(Cl)c1NC(=O)C1N(CCCO)C(=O)[C@@H]2[C@H](C(=O)NCc3ccccc3)[C@@H]3CC(C)C12S3. The normalized spacial score (nSPS) is 29.9. The van der Waals surface area contributed by atoms with Gasteiger partial charge in [-0.2, -0.15) is 0 Å². The van der Waals surface area contributed by atoms with Crippen LogP contribution in [0.2, 0.25) is 5.02 Å². The Labute approximate surface area is 226 Å². The number of carbonyl (C=O) groups is 3. The minimum absolute atomic E-state index is 0.0305. The van der Waals surface area contributed by atoms with Crippen molar-refractivity contribution in [2.45, 2.75) is 49.3 Å². The van der Waals surface area contributed by atoms with E-state index in [4.69, 9.17) is 11.6 Å². The van der Waals surface area contributed by atoms with E-state index in [-0.39, 0.29) is 42.0 Å². The molecule has 0 saturated carbocycles. The van der Waals surface area contributed by atoms with Crippen LogP contribution in [0.1, 0.15) is 30.9 Å². The maximum atomic E-state index is 14.0. The summed E-state index contributed by atoms with van der Waals surface area (Å²) in [6.45, 7) is 4.51. The zero-order valence-electron chi connectivity index (χ0n) is 20.9. The first kappa shape index (κ1) is 26.1. The van der Waals surface area contributed by atoms with Gasteiger partial charge >= 0.3 is 0 Å². The number of benzene rings is 2. The summed E-state index contributed by atoms with van der Waals surface area (Å²) in [5.74, 6) is -1.64. The van der Waals surface area contributed by atoms with Gasteiger partial charge in [-0.3, -0.25) is 14.4 Å². The zero-order chi connectivity index (χ0) is 26.3. The fourth-order valence-corrected chi connectivity index (χ4v) is 9.18. The van der Waals surface area contributed by atoms with Gasteiger partial charge in [-0.15, -0.1) is 11.8 Å². The molecule has 5 rings (SSSR count). The first-order valence-corrected chi connectivity index (χ1v) is 14.0. The van der Waals surface area contributed by atoms with Gasteiger partial charge in [0.05, 0.1) is 27.3 Å². The minimum Gasteiger partial charge on any atom is -0.396 e. The molecule has 1 spiro atoms. The quantitative estimate of drug-likeness (QED) is 0.474. The summed E-state index contributed by atoms with van der Waals surface area (Å²) in [5.41, 5.74) is 2.35. The molecule has 0 radical (unpaired) electrons. The molecule has 3 aliphatic rings. The molecule has 3 fully saturated rings. The number of amides is 3. The summed E-state index contributed by atoms with van der Waals surface area (Å²) >= 11 is 8.04. The van der Waals surface area contributed by atoms with E-state index in [1.807, 2.05) is 49.4 Å². The van der Waals surface area contributed by atoms with Crippen molar-refractivity contribution < 1.29 is 19.5 Å². The number of carbonyl (C=O) groups excluding carboxylic acids is 3. The third-order valence-electron chi connectivity index (χ3n) is 8.13. The molecule has 196 valence electrons. The third-order valence-corrected chi connectivity index (χ3v) is 10.5. The van der Waals surface area contributed by atoms with E-state index in [9.17, 15) is 19.5 Å². The number of halogens is 1. The number of fused-ring (bicyclic) bond motifs is 1. The smallest absolute Gasteiger partial charge is 0.248 e. The number of aryl methyl sites for hydroxylation is 1. The van der Waals surface area contributed by atoms with Crippen LogP contribution in [0.4, 0.5) is 5.69 Å². The number of thioether (sulfide) groups is 1. The van der Waals surface area contributed by atoms with Gasteiger partial charge in [0.1, 0.15) is 6.04 Å². The van der Waals surface area contributed by atoms with Crippen LogP contribution >= 0.6 is 23.4 Å². The second-order valence-electron chi connectivity index (χ2n) is 10.3. The van der Waals surface area contributed by atoms with E-state index in [1.165, 1.54) is 0 Å². The van der Waals surface area contributed by atoms with Crippen LogP contribution in [0.3, 0.4) is 0 Å². The molecular weight excluding hydrogens is 510 g/mol. The summed E-state index contributed by atoms with van der Waals surface area (Å²) in [4.78, 5) is 43.0. The average Bonchev–Trinajstić information content (AvgIpc) is 3.47. The topological polar surface area (TPSA) is 98.7 Å². The molecule has 0 aliphatic carbocycles. The molecule has 2 aromatic carbocycles. The Morgan fingerprint density at radius 2 is 1.92 bits per heavy atom. The van der Waals surface area contributed by atoms with E-state index < -0.39 is 22.6 Å². The predicted octanol–water partition coefficient (Wildman–Crippen LogP) is 3.62. The number of nitrogens with one attached hydrogen (secondary N) is 2. The lowest BCUT2D eigenvalue weighted by Gasteiger charge is -2.38. The van der Waals surface area contributed by atoms with Gasteiger partial charge in [0.15, 0.2) is 0 Å². The molecule has 6 atom stereocenters. The Kier molecular flexibility index (Phi) is 7.27. The van der Waals surface area contributed by atoms with E-state index in [2.05, 4.69) is 17.6 Å². The molecule has 2 bridgehead atoms. The van der Waals surface area contributed by atoms with Gasteiger partial charge in [-0.05, 0) is 42.9 Å². The minimum atomic E-state index is -0.760. The molecule has 7 nitrogen and oxygen atoms in total. The maximum absolute atomic E-state index is 14.0. The van der Waals surface area contributed by atoms with Crippen molar-refractivity contribution in [3.8, 4) is 0 Å². The molecule has 37 heavy (non-hydrogen) atoms. The lowest BCUT2D eigenvalue weighted by Crippen LogP contribution is -2.55. The monoisotopic (exact) mass is 541 g/mol. The van der Waals surface area contributed by atoms with E-state index in [0.717, 1.165) is 17.5 Å². The van der Waals surface area contributed by atoms with Crippen LogP contribution in [0.15, 0.2) is 48.5 Å². The highest BCUT2D eigenvalue weighted by Gasteiger charge is 2.75. The average molecular weight is 542 g/mol. The molecular formula is C28H32ClN3O4S. The van der Waals surface area contributed by atoms with Gasteiger partial charge in [-0.25, -0.2) is 0 Å². The van der Waals surface area contributed by atoms with Crippen LogP contribution in [0.5, 0.6) is 0 Å². The lowest BCUT2D eigenvalue weighted by molar-refractivity contribution is -0.139. The van der Waals surface area contributed by atoms with Gasteiger partial charge < -0.3 is 20.6 Å². The Morgan fingerprint density at radius 1 is 1.16 bits per heavy atom. The molecule has 3 aliphatic heterocycles. The van der Waals surface area contributed by atoms with Gasteiger partial charge in [0.2, 0.25) is 17.7 Å². The van der Waals surface area contributed by atoms with Crippen molar-refractivity contribution in [1.82, 2.24) is 10.2 Å². The first-order chi connectivity index (χ1) is 17.8. The summed E-state index contributed by atoms with van der Waals surface area (Å²) in [6.07, 6.45) is 1.12. The van der Waals surface area contributed by atoms with E-state index in [0.29, 0.717) is 23.7 Å². The highest BCUT2D eigenvalue weighted by molar-refractivity contribution is 8.02. The van der Waals surface area contributed by atoms with Crippen LogP contribution in [-0.4, -0.2) is 56.9 Å². The number of nitrogens with zero attached hydrogens (tertiary/aromatic N) is 1. The summed E-state index contributed by atoms with van der Waals surface area (Å²) in [7, 11) is 0. The molecule has 3 amide bonds. The van der Waals surface area contributed by atoms with Crippen LogP contribution in [0, 0.1) is 24.7 Å². The van der Waals surface area contributed by atoms with E-state index in [1.54, 1.807) is 22.7 Å². The molecule has 3 N–H and O–H groups in total. The highest BCUT2D eigenvalue weighted by Crippen LogP contribution is 2.68. The summed E-state index contributed by atoms with van der Waals surface area (Å²) in [5, 5.41) is 16.0. The number of aliphatic hydroxyl groups is 1. The Hall–Kier alpha value is -2.55. The van der Waals surface area contributed by atoms with E-state index >= 15 is 0 Å². The third kappa shape index (κ3) is 4.33. The largest absolute Gasteiger partial charge is 0.396 e. The van der Waals surface area contributed by atoms with Crippen molar-refractivity contribution in [3.63, 3.8) is 0 Å². The Morgan fingerprint density at radius 3 is 2.62 bits per heavy atom. The molecule has 3 heterocycles. The summed E-state index contributed by atoms with van der Waals surface area (Å²) < 4.78 is -0.717. The fourth-order valence-electron chi connectivity index (χ4n) is 6.49. The van der Waals surface area contributed by atoms with Crippen LogP contribution in [-0.2, 0) is 20.9 Å². The zero-order valence-corrected chi connectivity index (χ0v) is 22.5. The number of hydrogen-bond donors (Lipinski definition) is 3. The van der Waals surface area contributed by atoms with Crippen molar-refractivity contribution >= 4 is 46.8 Å². The number of anilines is 1.